The monoisotopic (exact) mass is 317 g/mol. The minimum Gasteiger partial charge on any atom is -0.381 e. The zero-order valence-electron chi connectivity index (χ0n) is 12.9. The number of ether oxygens (including phenoxy) is 1. The highest BCUT2D eigenvalue weighted by Gasteiger charge is 2.25. The molecule has 0 N–H and O–H groups in total. The fourth-order valence-corrected chi connectivity index (χ4v) is 3.83. The van der Waals surface area contributed by atoms with E-state index in [0.717, 1.165) is 45.3 Å². The number of hydrogen-bond donors (Lipinski definition) is 0. The lowest BCUT2D eigenvalue weighted by Gasteiger charge is -2.23. The van der Waals surface area contributed by atoms with E-state index in [0.29, 0.717) is 5.92 Å². The van der Waals surface area contributed by atoms with Crippen LogP contribution in [-0.4, -0.2) is 34.4 Å². The van der Waals surface area contributed by atoms with E-state index in [1.165, 1.54) is 24.1 Å². The van der Waals surface area contributed by atoms with E-state index in [1.807, 2.05) is 6.20 Å². The lowest BCUT2D eigenvalue weighted by Crippen LogP contribution is -2.30. The average molecular weight is 317 g/mol. The first-order chi connectivity index (χ1) is 10.9. The van der Waals surface area contributed by atoms with Crippen LogP contribution in [0.2, 0.25) is 0 Å². The van der Waals surface area contributed by atoms with Crippen LogP contribution in [0, 0.1) is 11.8 Å². The highest BCUT2D eigenvalue weighted by Crippen LogP contribution is 2.29. The van der Waals surface area contributed by atoms with E-state index in [4.69, 9.17) is 4.74 Å². The zero-order valence-corrected chi connectivity index (χ0v) is 13.7. The largest absolute Gasteiger partial charge is 0.381 e. The van der Waals surface area contributed by atoms with Crippen molar-refractivity contribution in [2.45, 2.75) is 32.5 Å². The Kier molecular flexibility index (Phi) is 4.28. The summed E-state index contributed by atoms with van der Waals surface area (Å²) in [6.45, 7) is 5.88. The maximum Gasteiger partial charge on any atom is 0.0524 e. The molecule has 4 rings (SSSR count). The number of thiophene rings is 1. The molecule has 5 heteroatoms. The van der Waals surface area contributed by atoms with Crippen LogP contribution >= 0.6 is 11.3 Å². The summed E-state index contributed by atoms with van der Waals surface area (Å²) in [7, 11) is 0. The molecule has 0 amide bonds. The lowest BCUT2D eigenvalue weighted by molar-refractivity contribution is 0.0696. The molecule has 0 saturated heterocycles. The van der Waals surface area contributed by atoms with Crippen LogP contribution < -0.4 is 0 Å². The predicted molar refractivity (Wildman–Crippen MR) is 87.7 cm³/mol. The first kappa shape index (κ1) is 14.4. The normalized spacial score (nSPS) is 22.5. The third-order valence-electron chi connectivity index (χ3n) is 4.53. The first-order valence-corrected chi connectivity index (χ1v) is 9.13. The number of aromatic nitrogens is 2. The topological polar surface area (TPSA) is 30.3 Å². The van der Waals surface area contributed by atoms with Crippen molar-refractivity contribution >= 4 is 11.3 Å². The molecule has 0 bridgehead atoms. The highest BCUT2D eigenvalue weighted by atomic mass is 32.1. The van der Waals surface area contributed by atoms with E-state index in [9.17, 15) is 0 Å². The Morgan fingerprint density at radius 2 is 2.09 bits per heavy atom. The fraction of sp³-hybridized carbons (Fsp3) is 0.588. The summed E-state index contributed by atoms with van der Waals surface area (Å²) in [6, 6.07) is 4.37. The van der Waals surface area contributed by atoms with E-state index in [2.05, 4.69) is 37.6 Å². The second-order valence-corrected chi connectivity index (χ2v) is 7.43. The van der Waals surface area contributed by atoms with E-state index in [1.54, 1.807) is 11.3 Å². The quantitative estimate of drug-likeness (QED) is 0.820. The average Bonchev–Trinajstić information content (AvgIpc) is 3.06. The van der Waals surface area contributed by atoms with Gasteiger partial charge >= 0.3 is 0 Å². The summed E-state index contributed by atoms with van der Waals surface area (Å²) < 4.78 is 8.13. The van der Waals surface area contributed by atoms with Gasteiger partial charge in [-0.1, -0.05) is 0 Å². The fourth-order valence-electron chi connectivity index (χ4n) is 3.17. The second-order valence-electron chi connectivity index (χ2n) is 6.65. The summed E-state index contributed by atoms with van der Waals surface area (Å²) in [6.07, 6.45) is 4.64. The van der Waals surface area contributed by atoms with E-state index >= 15 is 0 Å². The molecule has 4 nitrogen and oxygen atoms in total. The summed E-state index contributed by atoms with van der Waals surface area (Å²) >= 11 is 1.78. The van der Waals surface area contributed by atoms with Gasteiger partial charge in [-0.25, -0.2) is 0 Å². The summed E-state index contributed by atoms with van der Waals surface area (Å²) in [5.41, 5.74) is 2.73. The first-order valence-electron chi connectivity index (χ1n) is 8.18. The molecule has 2 aliphatic rings. The molecule has 2 aromatic heterocycles. The van der Waals surface area contributed by atoms with Gasteiger partial charge in [0, 0.05) is 44.9 Å². The van der Waals surface area contributed by atoms with Crippen LogP contribution in [0.4, 0.5) is 0 Å². The molecule has 0 unspecified atom stereocenters. The number of nitrogens with zero attached hydrogens (tertiary/aromatic N) is 3. The molecule has 118 valence electrons. The highest BCUT2D eigenvalue weighted by molar-refractivity contribution is 7.07. The minimum atomic E-state index is 0.526. The Bertz CT molecular complexity index is 591. The van der Waals surface area contributed by atoms with Crippen LogP contribution in [0.1, 0.15) is 24.1 Å². The summed E-state index contributed by atoms with van der Waals surface area (Å²) in [4.78, 5) is 2.54. The van der Waals surface area contributed by atoms with Crippen molar-refractivity contribution in [3.8, 4) is 0 Å². The maximum absolute atomic E-state index is 5.96. The van der Waals surface area contributed by atoms with Crippen LogP contribution in [-0.2, 0) is 24.4 Å². The molecule has 1 fully saturated rings. The van der Waals surface area contributed by atoms with Gasteiger partial charge in [0.05, 0.1) is 12.3 Å². The van der Waals surface area contributed by atoms with Crippen molar-refractivity contribution in [1.29, 1.82) is 0 Å². The van der Waals surface area contributed by atoms with Gasteiger partial charge in [-0.3, -0.25) is 9.58 Å². The molecule has 1 aliphatic carbocycles. The Hall–Kier alpha value is -1.17. The SMILES string of the molecule is c1cc2n(n1)C[C@H](COCC1CC1)CN(Cc1ccsc1)C2. The van der Waals surface area contributed by atoms with Crippen LogP contribution in [0.25, 0.3) is 0 Å². The molecule has 0 radical (unpaired) electrons. The molecule has 1 aliphatic heterocycles. The molecule has 2 aromatic rings. The molecular weight excluding hydrogens is 294 g/mol. The molecule has 1 saturated carbocycles. The van der Waals surface area contributed by atoms with Crippen molar-refractivity contribution in [2.24, 2.45) is 11.8 Å². The van der Waals surface area contributed by atoms with Gasteiger partial charge in [-0.05, 0) is 47.2 Å². The molecule has 0 spiro atoms. The van der Waals surface area contributed by atoms with Gasteiger partial charge < -0.3 is 4.74 Å². The van der Waals surface area contributed by atoms with Crippen molar-refractivity contribution in [3.63, 3.8) is 0 Å². The van der Waals surface area contributed by atoms with Gasteiger partial charge in [0.15, 0.2) is 0 Å². The number of fused-ring (bicyclic) bond motifs is 1. The van der Waals surface area contributed by atoms with Gasteiger partial charge in [-0.2, -0.15) is 16.4 Å². The van der Waals surface area contributed by atoms with Crippen molar-refractivity contribution in [1.82, 2.24) is 14.7 Å². The van der Waals surface area contributed by atoms with E-state index in [-0.39, 0.29) is 0 Å². The molecule has 0 aromatic carbocycles. The van der Waals surface area contributed by atoms with Crippen LogP contribution in [0.15, 0.2) is 29.1 Å². The lowest BCUT2D eigenvalue weighted by atomic mass is 10.1. The maximum atomic E-state index is 5.96. The Balaban J connectivity index is 1.42. The molecule has 22 heavy (non-hydrogen) atoms. The number of rotatable bonds is 6. The third-order valence-corrected chi connectivity index (χ3v) is 5.26. The van der Waals surface area contributed by atoms with Crippen molar-refractivity contribution < 1.29 is 4.74 Å². The smallest absolute Gasteiger partial charge is 0.0524 e. The van der Waals surface area contributed by atoms with Crippen LogP contribution in [0.3, 0.4) is 0 Å². The standard InChI is InChI=1S/C17H23N3OS/c1-2-14(1)11-21-12-16-8-19(7-15-4-6-22-13-15)10-17-3-5-18-20(17)9-16/h3-6,13-14,16H,1-2,7-12H2/t16-/m1/s1. The molecule has 1 atom stereocenters. The predicted octanol–water partition coefficient (Wildman–Crippen LogP) is 3.00. The Labute approximate surface area is 135 Å². The van der Waals surface area contributed by atoms with Gasteiger partial charge in [0.1, 0.15) is 0 Å². The van der Waals surface area contributed by atoms with E-state index < -0.39 is 0 Å². The van der Waals surface area contributed by atoms with Crippen molar-refractivity contribution in [2.75, 3.05) is 19.8 Å². The third kappa shape index (κ3) is 3.59. The Morgan fingerprint density at radius 1 is 1.18 bits per heavy atom. The summed E-state index contributed by atoms with van der Waals surface area (Å²) in [5.74, 6) is 1.37. The minimum absolute atomic E-state index is 0.526. The van der Waals surface area contributed by atoms with Gasteiger partial charge in [0.2, 0.25) is 0 Å². The Morgan fingerprint density at radius 3 is 2.91 bits per heavy atom. The summed E-state index contributed by atoms with van der Waals surface area (Å²) in [5, 5.41) is 8.90. The number of hydrogen-bond acceptors (Lipinski definition) is 4. The van der Waals surface area contributed by atoms with Crippen LogP contribution in [0.5, 0.6) is 0 Å². The molecule has 3 heterocycles. The van der Waals surface area contributed by atoms with Crippen molar-refractivity contribution in [3.05, 3.63) is 40.3 Å². The van der Waals surface area contributed by atoms with Gasteiger partial charge in [-0.15, -0.1) is 0 Å². The molecular formula is C17H23N3OS. The zero-order chi connectivity index (χ0) is 14.8. The van der Waals surface area contributed by atoms with Gasteiger partial charge in [0.25, 0.3) is 0 Å². The second kappa shape index (κ2) is 6.52.